The van der Waals surface area contributed by atoms with Gasteiger partial charge in [0.1, 0.15) is 4.60 Å². The summed E-state index contributed by atoms with van der Waals surface area (Å²) in [7, 11) is 0. The number of hydrogen-bond donors (Lipinski definition) is 1. The van der Waals surface area contributed by atoms with Gasteiger partial charge in [0.25, 0.3) is 5.91 Å². The van der Waals surface area contributed by atoms with Crippen molar-refractivity contribution in [2.45, 2.75) is 6.92 Å². The molecule has 0 bridgehead atoms. The van der Waals surface area contributed by atoms with E-state index in [-0.39, 0.29) is 5.91 Å². The fourth-order valence-corrected chi connectivity index (χ4v) is 2.71. The normalized spacial score (nSPS) is 10.3. The van der Waals surface area contributed by atoms with Crippen LogP contribution in [0.15, 0.2) is 43.9 Å². The van der Waals surface area contributed by atoms with Gasteiger partial charge in [-0.2, -0.15) is 0 Å². The molecular formula is C13H9Br3N2O. The predicted octanol–water partition coefficient (Wildman–Crippen LogP) is 4.93. The van der Waals surface area contributed by atoms with Gasteiger partial charge in [-0.3, -0.25) is 4.79 Å². The summed E-state index contributed by atoms with van der Waals surface area (Å²) in [6, 6.07) is 9.06. The highest BCUT2D eigenvalue weighted by molar-refractivity contribution is 9.11. The summed E-state index contributed by atoms with van der Waals surface area (Å²) >= 11 is 10.0. The molecule has 0 aliphatic carbocycles. The smallest absolute Gasteiger partial charge is 0.256 e. The van der Waals surface area contributed by atoms with Gasteiger partial charge in [0.15, 0.2) is 0 Å². The van der Waals surface area contributed by atoms with Crippen molar-refractivity contribution < 1.29 is 4.79 Å². The molecule has 0 aliphatic rings. The fraction of sp³-hybridized carbons (Fsp3) is 0.0769. The van der Waals surface area contributed by atoms with E-state index in [0.717, 1.165) is 19.2 Å². The van der Waals surface area contributed by atoms with Crippen molar-refractivity contribution in [1.82, 2.24) is 4.98 Å². The van der Waals surface area contributed by atoms with Crippen molar-refractivity contribution in [2.24, 2.45) is 0 Å². The van der Waals surface area contributed by atoms with Crippen molar-refractivity contribution in [3.05, 3.63) is 55.1 Å². The summed E-state index contributed by atoms with van der Waals surface area (Å²) in [5.74, 6) is -0.180. The van der Waals surface area contributed by atoms with Gasteiger partial charge in [-0.25, -0.2) is 4.98 Å². The van der Waals surface area contributed by atoms with E-state index in [9.17, 15) is 4.79 Å². The Morgan fingerprint density at radius 1 is 1.16 bits per heavy atom. The Morgan fingerprint density at radius 3 is 2.58 bits per heavy atom. The number of halogens is 3. The summed E-state index contributed by atoms with van der Waals surface area (Å²) in [4.78, 5) is 16.5. The van der Waals surface area contributed by atoms with Gasteiger partial charge in [0.05, 0.1) is 16.9 Å². The Labute approximate surface area is 136 Å². The highest BCUT2D eigenvalue weighted by Gasteiger charge is 2.12. The number of benzene rings is 1. The lowest BCUT2D eigenvalue weighted by molar-refractivity contribution is 0.102. The molecule has 1 aromatic heterocycles. The second-order valence-electron chi connectivity index (χ2n) is 3.85. The van der Waals surface area contributed by atoms with Crippen LogP contribution >= 0.6 is 47.8 Å². The number of rotatable bonds is 2. The van der Waals surface area contributed by atoms with Crippen molar-refractivity contribution in [3.63, 3.8) is 0 Å². The minimum Gasteiger partial charge on any atom is -0.320 e. The maximum Gasteiger partial charge on any atom is 0.256 e. The Hall–Kier alpha value is -0.720. The third kappa shape index (κ3) is 3.64. The lowest BCUT2D eigenvalue weighted by Gasteiger charge is -2.09. The van der Waals surface area contributed by atoms with Crippen molar-refractivity contribution in [2.75, 3.05) is 5.32 Å². The summed E-state index contributed by atoms with van der Waals surface area (Å²) in [6.45, 7) is 1.84. The molecular weight excluding hydrogens is 440 g/mol. The Bertz CT molecular complexity index is 644. The molecule has 3 nitrogen and oxygen atoms in total. The van der Waals surface area contributed by atoms with Gasteiger partial charge < -0.3 is 5.32 Å². The second-order valence-corrected chi connectivity index (χ2v) is 6.43. The number of pyridine rings is 1. The van der Waals surface area contributed by atoms with Crippen LogP contribution in [0.4, 0.5) is 5.69 Å². The molecule has 98 valence electrons. The number of aromatic nitrogens is 1. The summed E-state index contributed by atoms with van der Waals surface area (Å²) in [5.41, 5.74) is 2.02. The lowest BCUT2D eigenvalue weighted by Crippen LogP contribution is -2.13. The van der Waals surface area contributed by atoms with Gasteiger partial charge in [-0.05, 0) is 69.1 Å². The number of carbonyl (C=O) groups is 1. The number of aryl methyl sites for hydroxylation is 1. The quantitative estimate of drug-likeness (QED) is 0.662. The molecule has 2 rings (SSSR count). The van der Waals surface area contributed by atoms with Gasteiger partial charge >= 0.3 is 0 Å². The van der Waals surface area contributed by atoms with Gasteiger partial charge in [-0.1, -0.05) is 15.9 Å². The average molecular weight is 449 g/mol. The fourth-order valence-electron chi connectivity index (χ4n) is 1.52. The van der Waals surface area contributed by atoms with Crippen LogP contribution in [-0.4, -0.2) is 10.9 Å². The van der Waals surface area contributed by atoms with E-state index in [1.165, 1.54) is 0 Å². The molecule has 19 heavy (non-hydrogen) atoms. The number of hydrogen-bond acceptors (Lipinski definition) is 2. The summed E-state index contributed by atoms with van der Waals surface area (Å²) in [6.07, 6.45) is 0. The first-order chi connectivity index (χ1) is 8.97. The molecule has 0 spiro atoms. The highest BCUT2D eigenvalue weighted by Crippen LogP contribution is 2.23. The molecule has 0 atom stereocenters. The molecule has 1 N–H and O–H groups in total. The molecule has 2 aromatic rings. The lowest BCUT2D eigenvalue weighted by atomic mass is 10.2. The largest absolute Gasteiger partial charge is 0.320 e. The Kier molecular flexibility index (Phi) is 4.76. The molecule has 6 heteroatoms. The number of anilines is 1. The third-order valence-corrected chi connectivity index (χ3v) is 4.10. The number of carbonyl (C=O) groups excluding carboxylic acids is 1. The first-order valence-electron chi connectivity index (χ1n) is 5.37. The van der Waals surface area contributed by atoms with Crippen LogP contribution in [0.2, 0.25) is 0 Å². The topological polar surface area (TPSA) is 42.0 Å². The highest BCUT2D eigenvalue weighted by atomic mass is 79.9. The van der Waals surface area contributed by atoms with E-state index in [0.29, 0.717) is 11.3 Å². The third-order valence-electron chi connectivity index (χ3n) is 2.47. The first-order valence-corrected chi connectivity index (χ1v) is 7.75. The first kappa shape index (κ1) is 14.7. The van der Waals surface area contributed by atoms with E-state index in [1.54, 1.807) is 12.1 Å². The maximum absolute atomic E-state index is 12.2. The van der Waals surface area contributed by atoms with Gasteiger partial charge in [0, 0.05) is 8.95 Å². The summed E-state index contributed by atoms with van der Waals surface area (Å²) < 4.78 is 2.34. The molecule has 0 saturated carbocycles. The molecule has 0 unspecified atom stereocenters. The predicted molar refractivity (Wildman–Crippen MR) is 86.5 cm³/mol. The van der Waals surface area contributed by atoms with Crippen LogP contribution in [0.3, 0.4) is 0 Å². The molecule has 1 heterocycles. The second kappa shape index (κ2) is 6.15. The Balaban J connectivity index is 2.28. The van der Waals surface area contributed by atoms with E-state index in [1.807, 2.05) is 25.1 Å². The van der Waals surface area contributed by atoms with E-state index in [4.69, 9.17) is 0 Å². The van der Waals surface area contributed by atoms with Crippen molar-refractivity contribution in [3.8, 4) is 0 Å². The van der Waals surface area contributed by atoms with Crippen LogP contribution in [-0.2, 0) is 0 Å². The van der Waals surface area contributed by atoms with Crippen LogP contribution < -0.4 is 5.32 Å². The number of nitrogens with one attached hydrogen (secondary N) is 1. The number of nitrogens with zero attached hydrogens (tertiary/aromatic N) is 1. The summed E-state index contributed by atoms with van der Waals surface area (Å²) in [5, 5.41) is 2.85. The maximum atomic E-state index is 12.2. The average Bonchev–Trinajstić information content (AvgIpc) is 2.35. The van der Waals surface area contributed by atoms with E-state index < -0.39 is 0 Å². The molecule has 1 amide bonds. The minimum absolute atomic E-state index is 0.180. The van der Waals surface area contributed by atoms with Crippen molar-refractivity contribution >= 4 is 59.4 Å². The van der Waals surface area contributed by atoms with Crippen LogP contribution in [0.1, 0.15) is 16.1 Å². The molecule has 0 radical (unpaired) electrons. The zero-order valence-corrected chi connectivity index (χ0v) is 14.6. The Morgan fingerprint density at radius 2 is 1.89 bits per heavy atom. The zero-order chi connectivity index (χ0) is 14.0. The van der Waals surface area contributed by atoms with Crippen LogP contribution in [0.25, 0.3) is 0 Å². The zero-order valence-electron chi connectivity index (χ0n) is 9.88. The van der Waals surface area contributed by atoms with Crippen LogP contribution in [0, 0.1) is 6.92 Å². The van der Waals surface area contributed by atoms with E-state index >= 15 is 0 Å². The molecule has 0 aliphatic heterocycles. The van der Waals surface area contributed by atoms with Crippen molar-refractivity contribution in [1.29, 1.82) is 0 Å². The minimum atomic E-state index is -0.180. The van der Waals surface area contributed by atoms with Gasteiger partial charge in [0.2, 0.25) is 0 Å². The SMILES string of the molecule is Cc1nc(Br)ccc1NC(=O)c1cc(Br)ccc1Br. The van der Waals surface area contributed by atoms with Crippen LogP contribution in [0.5, 0.6) is 0 Å². The molecule has 0 fully saturated rings. The monoisotopic (exact) mass is 446 g/mol. The van der Waals surface area contributed by atoms with E-state index in [2.05, 4.69) is 58.1 Å². The number of amides is 1. The molecule has 0 saturated heterocycles. The standard InChI is InChI=1S/C13H9Br3N2O/c1-7-11(4-5-12(16)17-7)18-13(19)9-6-8(14)2-3-10(9)15/h2-6H,1H3,(H,18,19). The van der Waals surface area contributed by atoms with Gasteiger partial charge in [-0.15, -0.1) is 0 Å². The molecule has 1 aromatic carbocycles.